The van der Waals surface area contributed by atoms with E-state index in [4.69, 9.17) is 11.6 Å². The van der Waals surface area contributed by atoms with Crippen molar-refractivity contribution in [2.75, 3.05) is 0 Å². The Kier molecular flexibility index (Phi) is 4.94. The summed E-state index contributed by atoms with van der Waals surface area (Å²) in [7, 11) is 0. The van der Waals surface area contributed by atoms with E-state index in [0.29, 0.717) is 0 Å². The van der Waals surface area contributed by atoms with Gasteiger partial charge in [-0.05, 0) is 68.8 Å². The monoisotopic (exact) mass is 534 g/mol. The molecular weight excluding hydrogens is 526 g/mol. The first-order valence-electron chi connectivity index (χ1n) is 6.34. The molecule has 0 nitrogen and oxygen atoms in total. The van der Waals surface area contributed by atoms with Crippen LogP contribution in [0, 0.1) is 3.57 Å². The highest BCUT2D eigenvalue weighted by Gasteiger charge is 2.17. The number of hydrogen-bond acceptors (Lipinski definition) is 0. The molecule has 1 unspecified atom stereocenters. The van der Waals surface area contributed by atoms with Crippen molar-refractivity contribution in [1.82, 2.24) is 0 Å². The lowest BCUT2D eigenvalue weighted by molar-refractivity contribution is 1.18. The number of rotatable bonds is 2. The maximum Gasteiger partial charge on any atom is 0.0661 e. The molecule has 0 bridgehead atoms. The van der Waals surface area contributed by atoms with Gasteiger partial charge in [0.1, 0.15) is 0 Å². The topological polar surface area (TPSA) is 0 Å². The molecule has 0 aliphatic carbocycles. The molecule has 3 aromatic rings. The summed E-state index contributed by atoms with van der Waals surface area (Å²) in [5, 5.41) is 3.22. The fraction of sp³-hybridized carbons (Fsp3) is 0.0588. The van der Waals surface area contributed by atoms with E-state index in [2.05, 4.69) is 90.8 Å². The van der Waals surface area contributed by atoms with Crippen LogP contribution in [0.5, 0.6) is 0 Å². The van der Waals surface area contributed by atoms with Crippen molar-refractivity contribution in [3.05, 3.63) is 78.8 Å². The van der Waals surface area contributed by atoms with Crippen LogP contribution in [0.15, 0.2) is 59.1 Å². The van der Waals surface area contributed by atoms with Crippen molar-refractivity contribution in [2.24, 2.45) is 0 Å². The molecule has 0 saturated heterocycles. The van der Waals surface area contributed by atoms with Crippen molar-refractivity contribution < 1.29 is 0 Å². The molecule has 0 spiro atoms. The maximum atomic E-state index is 6.16. The fourth-order valence-electron chi connectivity index (χ4n) is 2.38. The van der Waals surface area contributed by atoms with Gasteiger partial charge in [0.2, 0.25) is 0 Å². The average Bonchev–Trinajstić information content (AvgIpc) is 2.50. The zero-order chi connectivity index (χ0) is 15.0. The quantitative estimate of drug-likeness (QED) is 0.238. The first kappa shape index (κ1) is 15.8. The van der Waals surface area contributed by atoms with Crippen molar-refractivity contribution in [3.8, 4) is 0 Å². The summed E-state index contributed by atoms with van der Waals surface area (Å²) in [5.41, 5.74) is 2.43. The molecule has 106 valence electrons. The van der Waals surface area contributed by atoms with E-state index in [1.807, 2.05) is 18.2 Å². The Balaban J connectivity index is 2.20. The summed E-state index contributed by atoms with van der Waals surface area (Å²) in [4.78, 5) is 0.112. The fourth-order valence-corrected chi connectivity index (χ4v) is 4.89. The van der Waals surface area contributed by atoms with Gasteiger partial charge in [-0.15, -0.1) is 0 Å². The molecule has 0 aromatic heterocycles. The molecule has 0 aliphatic heterocycles. The standard InChI is InChI=1S/C17H10Br2ClI/c18-15-7-6-13(11-3-1-2-4-12(11)15)17(19)14-9-10(20)5-8-16(14)21/h1-9,17H. The Morgan fingerprint density at radius 1 is 0.905 bits per heavy atom. The van der Waals surface area contributed by atoms with E-state index >= 15 is 0 Å². The number of benzene rings is 3. The van der Waals surface area contributed by atoms with Crippen LogP contribution >= 0.6 is 66.1 Å². The predicted octanol–water partition coefficient (Wildman–Crippen LogP) is 7.34. The van der Waals surface area contributed by atoms with Gasteiger partial charge < -0.3 is 0 Å². The molecule has 0 radical (unpaired) electrons. The molecular formula is C17H10Br2ClI. The van der Waals surface area contributed by atoms with Gasteiger partial charge in [-0.3, -0.25) is 0 Å². The smallest absolute Gasteiger partial charge is 0.0661 e. The minimum atomic E-state index is 0.112. The normalized spacial score (nSPS) is 12.6. The Morgan fingerprint density at radius 2 is 1.62 bits per heavy atom. The van der Waals surface area contributed by atoms with E-state index in [9.17, 15) is 0 Å². The minimum absolute atomic E-state index is 0.112. The number of alkyl halides is 1. The average molecular weight is 536 g/mol. The molecule has 0 heterocycles. The summed E-state index contributed by atoms with van der Waals surface area (Å²) >= 11 is 16.0. The van der Waals surface area contributed by atoms with Crippen LogP contribution in [-0.4, -0.2) is 0 Å². The molecule has 3 rings (SSSR count). The first-order valence-corrected chi connectivity index (χ1v) is 9.50. The third-order valence-corrected chi connectivity index (χ3v) is 6.30. The van der Waals surface area contributed by atoms with Gasteiger partial charge in [0.25, 0.3) is 0 Å². The molecule has 0 N–H and O–H groups in total. The highest BCUT2D eigenvalue weighted by molar-refractivity contribution is 14.1. The summed E-state index contributed by atoms with van der Waals surface area (Å²) < 4.78 is 2.31. The van der Waals surface area contributed by atoms with E-state index in [1.54, 1.807) is 0 Å². The van der Waals surface area contributed by atoms with Crippen molar-refractivity contribution in [3.63, 3.8) is 0 Å². The summed E-state index contributed by atoms with van der Waals surface area (Å²) in [5.74, 6) is 0. The molecule has 0 aliphatic rings. The van der Waals surface area contributed by atoms with Gasteiger partial charge in [0, 0.05) is 13.1 Å². The third kappa shape index (κ3) is 3.16. The van der Waals surface area contributed by atoms with Gasteiger partial charge in [-0.2, -0.15) is 0 Å². The Bertz CT molecular complexity index is 817. The van der Waals surface area contributed by atoms with E-state index in [-0.39, 0.29) is 4.83 Å². The third-order valence-electron chi connectivity index (χ3n) is 3.41. The zero-order valence-electron chi connectivity index (χ0n) is 10.8. The SMILES string of the molecule is Clc1ccc(I)c(C(Br)c2ccc(Br)c3ccccc23)c1. The lowest BCUT2D eigenvalue weighted by Gasteiger charge is -2.16. The van der Waals surface area contributed by atoms with Crippen LogP contribution in [0.3, 0.4) is 0 Å². The van der Waals surface area contributed by atoms with Gasteiger partial charge in [0.15, 0.2) is 0 Å². The van der Waals surface area contributed by atoms with E-state index in [0.717, 1.165) is 9.50 Å². The van der Waals surface area contributed by atoms with Gasteiger partial charge in [0.05, 0.1) is 4.83 Å². The lowest BCUT2D eigenvalue weighted by Crippen LogP contribution is -1.97. The molecule has 0 saturated carbocycles. The van der Waals surface area contributed by atoms with Crippen LogP contribution < -0.4 is 0 Å². The summed E-state index contributed by atoms with van der Waals surface area (Å²) in [6.45, 7) is 0. The first-order chi connectivity index (χ1) is 10.1. The number of halogens is 4. The molecule has 3 aromatic carbocycles. The molecule has 0 amide bonds. The second-order valence-electron chi connectivity index (χ2n) is 4.71. The summed E-state index contributed by atoms with van der Waals surface area (Å²) in [6, 6.07) is 18.7. The van der Waals surface area contributed by atoms with Crippen molar-refractivity contribution in [2.45, 2.75) is 4.83 Å². The highest BCUT2D eigenvalue weighted by atomic mass is 127. The predicted molar refractivity (Wildman–Crippen MR) is 107 cm³/mol. The minimum Gasteiger partial charge on any atom is -0.0843 e. The lowest BCUT2D eigenvalue weighted by atomic mass is 9.98. The van der Waals surface area contributed by atoms with E-state index in [1.165, 1.54) is 25.5 Å². The van der Waals surface area contributed by atoms with Crippen LogP contribution in [0.1, 0.15) is 16.0 Å². The van der Waals surface area contributed by atoms with Crippen LogP contribution in [0.4, 0.5) is 0 Å². The van der Waals surface area contributed by atoms with Crippen LogP contribution in [0.25, 0.3) is 10.8 Å². The van der Waals surface area contributed by atoms with E-state index < -0.39 is 0 Å². The van der Waals surface area contributed by atoms with Gasteiger partial charge >= 0.3 is 0 Å². The van der Waals surface area contributed by atoms with Gasteiger partial charge in [-0.25, -0.2) is 0 Å². The van der Waals surface area contributed by atoms with Crippen LogP contribution in [-0.2, 0) is 0 Å². The Labute approximate surface area is 159 Å². The van der Waals surface area contributed by atoms with Crippen molar-refractivity contribution >= 4 is 76.8 Å². The molecule has 1 atom stereocenters. The second kappa shape index (κ2) is 6.57. The van der Waals surface area contributed by atoms with Gasteiger partial charge in [-0.1, -0.05) is 73.8 Å². The van der Waals surface area contributed by atoms with Crippen molar-refractivity contribution in [1.29, 1.82) is 0 Å². The maximum absolute atomic E-state index is 6.16. The molecule has 21 heavy (non-hydrogen) atoms. The second-order valence-corrected chi connectivity index (χ2v) is 8.08. The molecule has 4 heteroatoms. The number of hydrogen-bond donors (Lipinski definition) is 0. The highest BCUT2D eigenvalue weighted by Crippen LogP contribution is 2.39. The molecule has 0 fully saturated rings. The van der Waals surface area contributed by atoms with Crippen LogP contribution in [0.2, 0.25) is 5.02 Å². The zero-order valence-corrected chi connectivity index (χ0v) is 16.9. The number of fused-ring (bicyclic) bond motifs is 1. The Morgan fingerprint density at radius 3 is 2.38 bits per heavy atom. The largest absolute Gasteiger partial charge is 0.0843 e. The summed E-state index contributed by atoms with van der Waals surface area (Å²) in [6.07, 6.45) is 0. The Hall–Kier alpha value is -0.100.